The van der Waals surface area contributed by atoms with Crippen LogP contribution < -0.4 is 10.2 Å². The number of aryl methyl sites for hydroxylation is 1. The number of fused-ring (bicyclic) bond motifs is 7. The predicted octanol–water partition coefficient (Wildman–Crippen LogP) is 3.16. The van der Waals surface area contributed by atoms with Crippen molar-refractivity contribution in [2.75, 3.05) is 4.90 Å². The number of anilines is 2. The van der Waals surface area contributed by atoms with Crippen LogP contribution in [0, 0.1) is 11.6 Å². The maximum Gasteiger partial charge on any atom is 0.258 e. The Morgan fingerprint density at radius 3 is 2.85 bits per heavy atom. The SMILES string of the molecule is CC1OC2NC(=O)c3cc(F)c(Cl)nc3N2c2c(F)cc3c(ncn3C)c21. The molecule has 2 aromatic heterocycles. The third kappa shape index (κ3) is 2.12. The number of nitrogens with zero attached hydrogens (tertiary/aromatic N) is 4. The van der Waals surface area contributed by atoms with Gasteiger partial charge in [-0.05, 0) is 13.0 Å². The lowest BCUT2D eigenvalue weighted by Gasteiger charge is -2.43. The van der Waals surface area contributed by atoms with Gasteiger partial charge in [0, 0.05) is 18.7 Å². The molecule has 27 heavy (non-hydrogen) atoms. The van der Waals surface area contributed by atoms with Crippen molar-refractivity contribution in [3.63, 3.8) is 0 Å². The van der Waals surface area contributed by atoms with Crippen molar-refractivity contribution >= 4 is 40.0 Å². The molecule has 5 rings (SSSR count). The average molecular weight is 392 g/mol. The standard InChI is InChI=1S/C17H12ClF2N5O2/c1-6-11-12-10(24(2)5-21-12)4-8(19)13(11)25-15-7(3-9(20)14(18)22-15)16(26)23-17(25)27-6/h3-6,17H,1-2H3,(H,23,26). The maximum absolute atomic E-state index is 15.2. The summed E-state index contributed by atoms with van der Waals surface area (Å²) in [6.45, 7) is 1.75. The van der Waals surface area contributed by atoms with Crippen LogP contribution in [0.15, 0.2) is 18.5 Å². The second kappa shape index (κ2) is 5.37. The number of rotatable bonds is 0. The lowest BCUT2D eigenvalue weighted by molar-refractivity contribution is -0.0262. The number of ether oxygens (including phenoxy) is 1. The van der Waals surface area contributed by atoms with Crippen LogP contribution in [-0.2, 0) is 11.8 Å². The molecule has 1 amide bonds. The first-order chi connectivity index (χ1) is 12.9. The van der Waals surface area contributed by atoms with Crippen molar-refractivity contribution in [3.8, 4) is 0 Å². The molecule has 0 aliphatic carbocycles. The average Bonchev–Trinajstić information content (AvgIpc) is 2.97. The molecule has 3 aromatic rings. The van der Waals surface area contributed by atoms with Gasteiger partial charge in [-0.25, -0.2) is 18.7 Å². The maximum atomic E-state index is 15.2. The number of aromatic nitrogens is 3. The fraction of sp³-hybridized carbons (Fsp3) is 0.235. The summed E-state index contributed by atoms with van der Waals surface area (Å²) in [6, 6.07) is 2.34. The molecular weight excluding hydrogens is 380 g/mol. The summed E-state index contributed by atoms with van der Waals surface area (Å²) in [5.74, 6) is -1.93. The predicted molar refractivity (Wildman–Crippen MR) is 92.8 cm³/mol. The number of carbonyl (C=O) groups is 1. The van der Waals surface area contributed by atoms with Crippen LogP contribution >= 0.6 is 11.6 Å². The van der Waals surface area contributed by atoms with E-state index in [0.717, 1.165) is 6.07 Å². The normalized spacial score (nSPS) is 20.9. The molecule has 2 aliphatic rings. The first kappa shape index (κ1) is 16.4. The molecule has 2 unspecified atom stereocenters. The second-order valence-electron chi connectivity index (χ2n) is 6.45. The van der Waals surface area contributed by atoms with Crippen molar-refractivity contribution in [1.29, 1.82) is 0 Å². The lowest BCUT2D eigenvalue weighted by atomic mass is 10.0. The van der Waals surface area contributed by atoms with Gasteiger partial charge in [-0.2, -0.15) is 0 Å². The van der Waals surface area contributed by atoms with Crippen LogP contribution in [0.4, 0.5) is 20.3 Å². The van der Waals surface area contributed by atoms with Gasteiger partial charge in [0.05, 0.1) is 34.7 Å². The summed E-state index contributed by atoms with van der Waals surface area (Å²) >= 11 is 5.82. The number of nitrogens with one attached hydrogen (secondary N) is 1. The molecule has 4 heterocycles. The van der Waals surface area contributed by atoms with E-state index in [4.69, 9.17) is 16.3 Å². The largest absolute Gasteiger partial charge is 0.334 e. The Balaban J connectivity index is 1.85. The Labute approximate surface area is 156 Å². The van der Waals surface area contributed by atoms with E-state index in [1.54, 1.807) is 24.9 Å². The summed E-state index contributed by atoms with van der Waals surface area (Å²) in [5, 5.41) is 2.18. The highest BCUT2D eigenvalue weighted by Crippen LogP contribution is 2.46. The molecule has 0 spiro atoms. The number of imidazole rings is 1. The summed E-state index contributed by atoms with van der Waals surface area (Å²) in [4.78, 5) is 22.1. The van der Waals surface area contributed by atoms with Crippen LogP contribution in [0.5, 0.6) is 0 Å². The zero-order valence-electron chi connectivity index (χ0n) is 14.1. The second-order valence-corrected chi connectivity index (χ2v) is 6.81. The quantitative estimate of drug-likeness (QED) is 0.596. The highest BCUT2D eigenvalue weighted by Gasteiger charge is 2.43. The first-order valence-corrected chi connectivity index (χ1v) is 8.49. The molecule has 0 fully saturated rings. The number of benzene rings is 1. The van der Waals surface area contributed by atoms with Crippen molar-refractivity contribution in [2.24, 2.45) is 7.05 Å². The summed E-state index contributed by atoms with van der Waals surface area (Å²) in [7, 11) is 1.76. The fourth-order valence-corrected chi connectivity index (χ4v) is 3.76. The summed E-state index contributed by atoms with van der Waals surface area (Å²) < 4.78 is 36.6. The molecule has 10 heteroatoms. The molecule has 0 saturated heterocycles. The Hall–Kier alpha value is -2.78. The van der Waals surface area contributed by atoms with Gasteiger partial charge >= 0.3 is 0 Å². The van der Waals surface area contributed by atoms with Gasteiger partial charge in [0.1, 0.15) is 5.82 Å². The third-order valence-corrected chi connectivity index (χ3v) is 5.10. The van der Waals surface area contributed by atoms with E-state index in [1.165, 1.54) is 11.0 Å². The first-order valence-electron chi connectivity index (χ1n) is 8.12. The molecule has 2 aliphatic heterocycles. The van der Waals surface area contributed by atoms with Gasteiger partial charge in [-0.15, -0.1) is 0 Å². The van der Waals surface area contributed by atoms with Gasteiger partial charge in [0.25, 0.3) is 5.91 Å². The van der Waals surface area contributed by atoms with E-state index in [0.29, 0.717) is 16.6 Å². The minimum absolute atomic E-state index is 0.0254. The molecule has 7 nitrogen and oxygen atoms in total. The molecule has 1 N–H and O–H groups in total. The van der Waals surface area contributed by atoms with E-state index < -0.39 is 35.2 Å². The van der Waals surface area contributed by atoms with Crippen LogP contribution in [0.25, 0.3) is 11.0 Å². The minimum atomic E-state index is -1.00. The number of hydrogen-bond donors (Lipinski definition) is 1. The molecule has 138 valence electrons. The summed E-state index contributed by atoms with van der Waals surface area (Å²) in [6.07, 6.45) is 0.0314. The van der Waals surface area contributed by atoms with E-state index in [-0.39, 0.29) is 17.1 Å². The van der Waals surface area contributed by atoms with Gasteiger partial charge in [0.2, 0.25) is 6.35 Å². The van der Waals surface area contributed by atoms with Crippen molar-refractivity contribution in [1.82, 2.24) is 19.9 Å². The zero-order valence-corrected chi connectivity index (χ0v) is 14.9. The van der Waals surface area contributed by atoms with Crippen molar-refractivity contribution < 1.29 is 18.3 Å². The van der Waals surface area contributed by atoms with Crippen LogP contribution in [0.1, 0.15) is 28.9 Å². The number of carbonyl (C=O) groups excluding carboxylic acids is 1. The third-order valence-electron chi connectivity index (χ3n) is 4.84. The molecule has 0 radical (unpaired) electrons. The number of halogens is 3. The van der Waals surface area contributed by atoms with Crippen molar-refractivity contribution in [3.05, 3.63) is 46.4 Å². The molecular formula is C17H12ClF2N5O2. The number of hydrogen-bond acceptors (Lipinski definition) is 5. The summed E-state index contributed by atoms with van der Waals surface area (Å²) in [5.41, 5.74) is 1.81. The smallest absolute Gasteiger partial charge is 0.258 e. The zero-order chi connectivity index (χ0) is 19.0. The van der Waals surface area contributed by atoms with Crippen molar-refractivity contribution in [2.45, 2.75) is 19.4 Å². The highest BCUT2D eigenvalue weighted by atomic mass is 35.5. The van der Waals surface area contributed by atoms with E-state index in [2.05, 4.69) is 15.3 Å². The van der Waals surface area contributed by atoms with Crippen LogP contribution in [0.3, 0.4) is 0 Å². The molecule has 0 saturated carbocycles. The Kier molecular flexibility index (Phi) is 3.26. The molecule has 0 bridgehead atoms. The monoisotopic (exact) mass is 391 g/mol. The highest BCUT2D eigenvalue weighted by molar-refractivity contribution is 6.29. The van der Waals surface area contributed by atoms with Gasteiger partial charge < -0.3 is 14.6 Å². The molecule has 2 atom stereocenters. The van der Waals surface area contributed by atoms with E-state index in [1.807, 2.05) is 0 Å². The van der Waals surface area contributed by atoms with E-state index in [9.17, 15) is 9.18 Å². The number of pyridine rings is 1. The fourth-order valence-electron chi connectivity index (χ4n) is 3.63. The van der Waals surface area contributed by atoms with Gasteiger partial charge in [0.15, 0.2) is 16.8 Å². The minimum Gasteiger partial charge on any atom is -0.334 e. The molecule has 1 aromatic carbocycles. The van der Waals surface area contributed by atoms with Gasteiger partial charge in [-0.3, -0.25) is 9.69 Å². The van der Waals surface area contributed by atoms with E-state index >= 15 is 4.39 Å². The van der Waals surface area contributed by atoms with Crippen LogP contribution in [0.2, 0.25) is 5.15 Å². The lowest BCUT2D eigenvalue weighted by Crippen LogP contribution is -2.55. The number of amides is 1. The Bertz CT molecular complexity index is 1150. The Morgan fingerprint density at radius 2 is 2.07 bits per heavy atom. The van der Waals surface area contributed by atoms with Gasteiger partial charge in [-0.1, -0.05) is 11.6 Å². The topological polar surface area (TPSA) is 72.3 Å². The van der Waals surface area contributed by atoms with Crippen LogP contribution in [-0.4, -0.2) is 26.8 Å². The Morgan fingerprint density at radius 1 is 1.30 bits per heavy atom.